The predicted octanol–water partition coefficient (Wildman–Crippen LogP) is 17.9. The molecule has 0 amide bonds. The Labute approximate surface area is 402 Å². The molecule has 0 N–H and O–H groups in total. The summed E-state index contributed by atoms with van der Waals surface area (Å²) in [4.78, 5) is 2.65. The SMILES string of the molecule is CC1=CC2(C3=CC(c4ccccc4)=CC(N(c4ccc(-c5ccccc5)cc4)c4ccc5c(c4)oc4ccccc45)C3c3cc(-c4ccc5sc6ccccc6c5c4)ccc32)C2CC(C)CC1C2. The van der Waals surface area contributed by atoms with Crippen LogP contribution < -0.4 is 4.90 Å². The summed E-state index contributed by atoms with van der Waals surface area (Å²) < 4.78 is 9.37. The molecular formula is C65H51NOS. The fraction of sp³-hybridized carbons (Fsp3) is 0.169. The van der Waals surface area contributed by atoms with Crippen LogP contribution in [0.2, 0.25) is 0 Å². The number of anilines is 2. The van der Waals surface area contributed by atoms with Crippen LogP contribution in [0.5, 0.6) is 0 Å². The second-order valence-corrected chi connectivity index (χ2v) is 21.3. The third kappa shape index (κ3) is 6.14. The largest absolute Gasteiger partial charge is 0.456 e. The molecule has 14 rings (SSSR count). The van der Waals surface area contributed by atoms with E-state index in [-0.39, 0.29) is 17.4 Å². The van der Waals surface area contributed by atoms with Gasteiger partial charge < -0.3 is 9.32 Å². The summed E-state index contributed by atoms with van der Waals surface area (Å²) in [6.07, 6.45) is 11.8. The first kappa shape index (κ1) is 39.9. The molecule has 4 aliphatic rings. The van der Waals surface area contributed by atoms with Crippen LogP contribution in [-0.4, -0.2) is 6.04 Å². The number of hydrogen-bond donors (Lipinski definition) is 0. The number of nitrogens with zero attached hydrogens (tertiary/aromatic N) is 1. The van der Waals surface area contributed by atoms with Crippen molar-refractivity contribution in [3.63, 3.8) is 0 Å². The molecule has 1 saturated carbocycles. The van der Waals surface area contributed by atoms with Gasteiger partial charge in [0.25, 0.3) is 0 Å². The lowest BCUT2D eigenvalue weighted by Gasteiger charge is -2.50. The number of para-hydroxylation sites is 1. The third-order valence-electron chi connectivity index (χ3n) is 16.3. The highest BCUT2D eigenvalue weighted by Crippen LogP contribution is 2.65. The van der Waals surface area contributed by atoms with E-state index in [1.165, 1.54) is 84.0 Å². The maximum absolute atomic E-state index is 6.69. The third-order valence-corrected chi connectivity index (χ3v) is 17.5. The van der Waals surface area contributed by atoms with Crippen molar-refractivity contribution in [2.45, 2.75) is 50.5 Å². The van der Waals surface area contributed by atoms with Gasteiger partial charge in [-0.25, -0.2) is 0 Å². The minimum absolute atomic E-state index is 0.0705. The highest BCUT2D eigenvalue weighted by molar-refractivity contribution is 7.25. The lowest BCUT2D eigenvalue weighted by atomic mass is 9.54. The van der Waals surface area contributed by atoms with Gasteiger partial charge in [0.2, 0.25) is 0 Å². The zero-order chi connectivity index (χ0) is 45.1. The molecule has 68 heavy (non-hydrogen) atoms. The molecule has 0 radical (unpaired) electrons. The number of fused-ring (bicyclic) bond motifs is 14. The van der Waals surface area contributed by atoms with E-state index in [0.29, 0.717) is 17.8 Å². The fourth-order valence-electron chi connectivity index (χ4n) is 13.3. The van der Waals surface area contributed by atoms with Crippen LogP contribution in [0, 0.1) is 17.8 Å². The van der Waals surface area contributed by atoms with Crippen LogP contribution in [0.25, 0.3) is 69.9 Å². The maximum Gasteiger partial charge on any atom is 0.137 e. The molecule has 2 aromatic heterocycles. The lowest BCUT2D eigenvalue weighted by molar-refractivity contribution is 0.165. The summed E-state index contributed by atoms with van der Waals surface area (Å²) in [6.45, 7) is 4.95. The Hall–Kier alpha value is -7.20. The van der Waals surface area contributed by atoms with E-state index in [1.54, 1.807) is 11.1 Å². The standard InChI is InChI=1S/C65H51NOS/c1-40-31-47-33-49(32-40)65(39-41(47)2)57-29-23-45(46-24-30-63-55(34-46)54-18-10-12-20-62(54)68-63)35-56(57)64-58(65)36-48(43-15-7-4-8-16-43)37-59(64)66(50-25-21-44(22-26-50)42-13-5-3-6-14-42)51-27-28-53-52-17-9-11-19-60(52)67-61(53)38-51/h3-30,34-40,47,49,59,64H,31-33H2,1-2H3. The van der Waals surface area contributed by atoms with Crippen LogP contribution in [0.1, 0.15) is 55.7 Å². The Balaban J connectivity index is 1.03. The molecule has 2 heterocycles. The molecule has 2 nitrogen and oxygen atoms in total. The van der Waals surface area contributed by atoms with Crippen LogP contribution in [0.3, 0.4) is 0 Å². The molecule has 0 aliphatic heterocycles. The van der Waals surface area contributed by atoms with E-state index in [9.17, 15) is 0 Å². The van der Waals surface area contributed by atoms with Gasteiger partial charge in [0.1, 0.15) is 11.2 Å². The van der Waals surface area contributed by atoms with Crippen molar-refractivity contribution in [2.24, 2.45) is 17.8 Å². The smallest absolute Gasteiger partial charge is 0.137 e. The van der Waals surface area contributed by atoms with Crippen molar-refractivity contribution < 1.29 is 4.42 Å². The summed E-state index contributed by atoms with van der Waals surface area (Å²) in [5.74, 6) is 1.90. The van der Waals surface area contributed by atoms with E-state index >= 15 is 0 Å². The first-order valence-electron chi connectivity index (χ1n) is 24.6. The molecule has 10 aromatic rings. The number of furan rings is 1. The minimum Gasteiger partial charge on any atom is -0.456 e. The zero-order valence-electron chi connectivity index (χ0n) is 38.4. The fourth-order valence-corrected chi connectivity index (χ4v) is 14.4. The number of allylic oxidation sites excluding steroid dienone is 4. The number of thiophene rings is 1. The molecule has 3 heteroatoms. The van der Waals surface area contributed by atoms with Crippen molar-refractivity contribution >= 4 is 70.4 Å². The highest BCUT2D eigenvalue weighted by Gasteiger charge is 2.57. The number of rotatable bonds is 6. The van der Waals surface area contributed by atoms with Gasteiger partial charge in [0.15, 0.2) is 0 Å². The normalized spacial score (nSPS) is 22.9. The predicted molar refractivity (Wildman–Crippen MR) is 287 cm³/mol. The maximum atomic E-state index is 6.69. The average Bonchev–Trinajstić information content (AvgIpc) is 4.04. The average molecular weight is 894 g/mol. The van der Waals surface area contributed by atoms with E-state index in [2.05, 4.69) is 225 Å². The van der Waals surface area contributed by atoms with Crippen molar-refractivity contribution in [3.05, 3.63) is 234 Å². The summed E-state index contributed by atoms with van der Waals surface area (Å²) in [5, 5.41) is 4.97. The van der Waals surface area contributed by atoms with Crippen molar-refractivity contribution in [3.8, 4) is 22.3 Å². The van der Waals surface area contributed by atoms with Crippen molar-refractivity contribution in [1.82, 2.24) is 0 Å². The molecule has 2 bridgehead atoms. The zero-order valence-corrected chi connectivity index (χ0v) is 39.2. The second-order valence-electron chi connectivity index (χ2n) is 20.2. The number of benzene rings is 8. The van der Waals surface area contributed by atoms with E-state index in [1.807, 2.05) is 11.3 Å². The Morgan fingerprint density at radius 3 is 2.04 bits per heavy atom. The van der Waals surface area contributed by atoms with Crippen LogP contribution >= 0.6 is 11.3 Å². The monoisotopic (exact) mass is 893 g/mol. The molecule has 1 fully saturated rings. The molecule has 4 aliphatic carbocycles. The quantitative estimate of drug-likeness (QED) is 0.155. The second kappa shape index (κ2) is 15.4. The van der Waals surface area contributed by atoms with Crippen LogP contribution in [0.4, 0.5) is 11.4 Å². The van der Waals surface area contributed by atoms with Gasteiger partial charge in [-0.3, -0.25) is 0 Å². The number of hydrogen-bond acceptors (Lipinski definition) is 3. The summed E-state index contributed by atoms with van der Waals surface area (Å²) >= 11 is 1.89. The van der Waals surface area contributed by atoms with E-state index in [0.717, 1.165) is 33.3 Å². The van der Waals surface area contributed by atoms with Gasteiger partial charge in [-0.2, -0.15) is 0 Å². The molecule has 0 saturated heterocycles. The van der Waals surface area contributed by atoms with Crippen LogP contribution in [0.15, 0.2) is 222 Å². The van der Waals surface area contributed by atoms with Gasteiger partial charge in [-0.15, -0.1) is 11.3 Å². The summed E-state index contributed by atoms with van der Waals surface area (Å²) in [6, 6.07) is 70.1. The Kier molecular flexibility index (Phi) is 9.05. The van der Waals surface area contributed by atoms with Gasteiger partial charge in [-0.05, 0) is 143 Å². The highest BCUT2D eigenvalue weighted by atomic mass is 32.1. The van der Waals surface area contributed by atoms with E-state index in [4.69, 9.17) is 4.42 Å². The van der Waals surface area contributed by atoms with Crippen molar-refractivity contribution in [2.75, 3.05) is 4.90 Å². The first-order chi connectivity index (χ1) is 33.5. The lowest BCUT2D eigenvalue weighted by Crippen LogP contribution is -2.44. The Bertz CT molecular complexity index is 3720. The van der Waals surface area contributed by atoms with Crippen molar-refractivity contribution in [1.29, 1.82) is 0 Å². The van der Waals surface area contributed by atoms with Gasteiger partial charge >= 0.3 is 0 Å². The molecule has 328 valence electrons. The van der Waals surface area contributed by atoms with Gasteiger partial charge in [-0.1, -0.05) is 164 Å². The van der Waals surface area contributed by atoms with Gasteiger partial charge in [0.05, 0.1) is 6.04 Å². The first-order valence-corrected chi connectivity index (χ1v) is 25.4. The topological polar surface area (TPSA) is 16.4 Å². The molecule has 6 atom stereocenters. The minimum atomic E-state index is -0.223. The summed E-state index contributed by atoms with van der Waals surface area (Å²) in [5.41, 5.74) is 17.5. The Morgan fingerprint density at radius 2 is 1.21 bits per heavy atom. The molecule has 8 aromatic carbocycles. The molecule has 6 unspecified atom stereocenters. The molecular weight excluding hydrogens is 843 g/mol. The summed E-state index contributed by atoms with van der Waals surface area (Å²) in [7, 11) is 0. The van der Waals surface area contributed by atoms with E-state index < -0.39 is 0 Å². The Morgan fingerprint density at radius 1 is 0.544 bits per heavy atom. The van der Waals surface area contributed by atoms with Gasteiger partial charge in [0, 0.05) is 59.7 Å². The molecule has 1 spiro atoms. The van der Waals surface area contributed by atoms with Crippen LogP contribution in [-0.2, 0) is 5.41 Å².